The lowest BCUT2D eigenvalue weighted by molar-refractivity contribution is -0.129. The molecule has 0 atom stereocenters. The molecule has 190 valence electrons. The van der Waals surface area contributed by atoms with Gasteiger partial charge in [0.15, 0.2) is 0 Å². The third-order valence-corrected chi connectivity index (χ3v) is 7.05. The summed E-state index contributed by atoms with van der Waals surface area (Å²) >= 11 is 1.47. The number of nitrogens with one attached hydrogen (secondary N) is 1. The fraction of sp³-hybridized carbons (Fsp3) is 0.346. The maximum absolute atomic E-state index is 13.8. The van der Waals surface area contributed by atoms with Gasteiger partial charge in [0.05, 0.1) is 17.9 Å². The summed E-state index contributed by atoms with van der Waals surface area (Å²) in [6, 6.07) is 13.8. The quantitative estimate of drug-likeness (QED) is 0.467. The Balaban J connectivity index is 1.33. The number of amides is 3. The molecule has 0 aliphatic carbocycles. The first kappa shape index (κ1) is 25.6. The van der Waals surface area contributed by atoms with Crippen LogP contribution in [-0.2, 0) is 16.1 Å². The Kier molecular flexibility index (Phi) is 8.48. The smallest absolute Gasteiger partial charge is 0.409 e. The Hall–Kier alpha value is -3.53. The third-order valence-electron chi connectivity index (χ3n) is 6.02. The van der Waals surface area contributed by atoms with E-state index in [1.54, 1.807) is 28.9 Å². The average Bonchev–Trinajstić information content (AvgIpc) is 3.25. The van der Waals surface area contributed by atoms with E-state index < -0.39 is 11.7 Å². The Morgan fingerprint density at radius 2 is 1.69 bits per heavy atom. The minimum absolute atomic E-state index is 0.0210. The van der Waals surface area contributed by atoms with Gasteiger partial charge < -0.3 is 24.4 Å². The zero-order chi connectivity index (χ0) is 25.5. The Morgan fingerprint density at radius 3 is 2.44 bits per heavy atom. The standard InChI is InChI=1S/C26H29FN4O4S/c1-2-35-26(34)30-15-13-29(14-16-30)24(32)18-36-23-17-31(22-10-6-4-8-20(22)23)12-11-28-25(33)19-7-3-5-9-21(19)27/h3-10,17H,2,11-16,18H2,1H3,(H,28,33). The molecule has 0 radical (unpaired) electrons. The van der Waals surface area contributed by atoms with Gasteiger partial charge in [0.25, 0.3) is 5.91 Å². The maximum atomic E-state index is 13.8. The summed E-state index contributed by atoms with van der Waals surface area (Å²) < 4.78 is 20.9. The summed E-state index contributed by atoms with van der Waals surface area (Å²) in [6.07, 6.45) is 1.65. The van der Waals surface area contributed by atoms with Crippen LogP contribution in [-0.4, -0.2) is 77.4 Å². The van der Waals surface area contributed by atoms with E-state index in [4.69, 9.17) is 4.74 Å². The third kappa shape index (κ3) is 5.99. The number of rotatable bonds is 8. The molecule has 2 aromatic carbocycles. The van der Waals surface area contributed by atoms with Gasteiger partial charge in [0.2, 0.25) is 5.91 Å². The van der Waals surface area contributed by atoms with E-state index >= 15 is 0 Å². The summed E-state index contributed by atoms with van der Waals surface area (Å²) in [5.74, 6) is -0.686. The zero-order valence-electron chi connectivity index (χ0n) is 20.1. The molecule has 1 fully saturated rings. The van der Waals surface area contributed by atoms with Gasteiger partial charge in [-0.2, -0.15) is 0 Å². The van der Waals surface area contributed by atoms with Gasteiger partial charge >= 0.3 is 6.09 Å². The van der Waals surface area contributed by atoms with Crippen molar-refractivity contribution in [1.82, 2.24) is 19.7 Å². The van der Waals surface area contributed by atoms with Crippen LogP contribution in [0, 0.1) is 5.82 Å². The monoisotopic (exact) mass is 512 g/mol. The molecule has 3 aromatic rings. The molecule has 0 saturated carbocycles. The van der Waals surface area contributed by atoms with Crippen molar-refractivity contribution in [2.75, 3.05) is 45.1 Å². The Bertz CT molecular complexity index is 1240. The number of hydrogen-bond acceptors (Lipinski definition) is 5. The second-order valence-electron chi connectivity index (χ2n) is 8.30. The Labute approximate surface area is 213 Å². The lowest BCUT2D eigenvalue weighted by Gasteiger charge is -2.34. The fourth-order valence-corrected chi connectivity index (χ4v) is 5.12. The van der Waals surface area contributed by atoms with E-state index in [1.807, 2.05) is 35.0 Å². The van der Waals surface area contributed by atoms with Crippen LogP contribution in [0.1, 0.15) is 17.3 Å². The van der Waals surface area contributed by atoms with E-state index in [1.165, 1.54) is 23.9 Å². The zero-order valence-corrected chi connectivity index (χ0v) is 20.9. The number of nitrogens with zero attached hydrogens (tertiary/aromatic N) is 3. The van der Waals surface area contributed by atoms with Gasteiger partial charge in [-0.15, -0.1) is 11.8 Å². The van der Waals surface area contributed by atoms with E-state index in [9.17, 15) is 18.8 Å². The molecule has 0 unspecified atom stereocenters. The molecule has 3 amide bonds. The number of para-hydroxylation sites is 1. The molecular weight excluding hydrogens is 483 g/mol. The Morgan fingerprint density at radius 1 is 1.00 bits per heavy atom. The average molecular weight is 513 g/mol. The van der Waals surface area contributed by atoms with Crippen LogP contribution in [0.4, 0.5) is 9.18 Å². The van der Waals surface area contributed by atoms with Crippen molar-refractivity contribution in [2.24, 2.45) is 0 Å². The minimum atomic E-state index is -0.549. The predicted octanol–water partition coefficient (Wildman–Crippen LogP) is 3.60. The highest BCUT2D eigenvalue weighted by atomic mass is 32.2. The molecule has 1 saturated heterocycles. The second-order valence-corrected chi connectivity index (χ2v) is 9.31. The van der Waals surface area contributed by atoms with Gasteiger partial charge in [-0.3, -0.25) is 9.59 Å². The van der Waals surface area contributed by atoms with E-state index in [-0.39, 0.29) is 23.3 Å². The molecule has 2 heterocycles. The fourth-order valence-electron chi connectivity index (χ4n) is 4.13. The van der Waals surface area contributed by atoms with E-state index in [2.05, 4.69) is 5.32 Å². The van der Waals surface area contributed by atoms with Crippen LogP contribution in [0.2, 0.25) is 0 Å². The molecule has 8 nitrogen and oxygen atoms in total. The predicted molar refractivity (Wildman–Crippen MR) is 137 cm³/mol. The molecule has 10 heteroatoms. The summed E-state index contributed by atoms with van der Waals surface area (Å²) in [7, 11) is 0. The summed E-state index contributed by atoms with van der Waals surface area (Å²) in [6.45, 7) is 4.85. The van der Waals surface area contributed by atoms with E-state index in [0.717, 1.165) is 15.8 Å². The largest absolute Gasteiger partial charge is 0.450 e. The highest BCUT2D eigenvalue weighted by Crippen LogP contribution is 2.30. The molecule has 1 aliphatic rings. The van der Waals surface area contributed by atoms with Crippen molar-refractivity contribution in [3.05, 3.63) is 66.1 Å². The number of carbonyl (C=O) groups excluding carboxylic acids is 3. The first-order valence-corrected chi connectivity index (χ1v) is 12.9. The number of benzene rings is 2. The van der Waals surface area contributed by atoms with Crippen LogP contribution in [0.5, 0.6) is 0 Å². The van der Waals surface area contributed by atoms with Gasteiger partial charge in [-0.05, 0) is 25.1 Å². The minimum Gasteiger partial charge on any atom is -0.450 e. The van der Waals surface area contributed by atoms with Gasteiger partial charge in [-0.25, -0.2) is 9.18 Å². The molecular formula is C26H29FN4O4S. The highest BCUT2D eigenvalue weighted by Gasteiger charge is 2.25. The van der Waals surface area contributed by atoms with Crippen molar-refractivity contribution in [3.63, 3.8) is 0 Å². The summed E-state index contributed by atoms with van der Waals surface area (Å²) in [4.78, 5) is 41.4. The second kappa shape index (κ2) is 11.9. The van der Waals surface area contributed by atoms with Crippen molar-refractivity contribution in [3.8, 4) is 0 Å². The van der Waals surface area contributed by atoms with Crippen LogP contribution < -0.4 is 5.32 Å². The molecule has 1 aromatic heterocycles. The van der Waals surface area contributed by atoms with Crippen LogP contribution in [0.3, 0.4) is 0 Å². The number of ether oxygens (including phenoxy) is 1. The topological polar surface area (TPSA) is 83.9 Å². The summed E-state index contributed by atoms with van der Waals surface area (Å²) in [5, 5.41) is 3.80. The maximum Gasteiger partial charge on any atom is 0.409 e. The number of piperazine rings is 1. The van der Waals surface area contributed by atoms with Crippen LogP contribution >= 0.6 is 11.8 Å². The van der Waals surface area contributed by atoms with Crippen LogP contribution in [0.15, 0.2) is 59.6 Å². The number of hydrogen-bond donors (Lipinski definition) is 1. The van der Waals surface area contributed by atoms with Gasteiger partial charge in [0.1, 0.15) is 5.82 Å². The molecule has 4 rings (SSSR count). The van der Waals surface area contributed by atoms with Crippen molar-refractivity contribution in [1.29, 1.82) is 0 Å². The van der Waals surface area contributed by atoms with Gasteiger partial charge in [0, 0.05) is 61.3 Å². The molecule has 1 N–H and O–H groups in total. The number of thioether (sulfide) groups is 1. The number of carbonyl (C=O) groups is 3. The summed E-state index contributed by atoms with van der Waals surface area (Å²) in [5.41, 5.74) is 1.02. The SMILES string of the molecule is CCOC(=O)N1CCN(C(=O)CSc2cn(CCNC(=O)c3ccccc3F)c3ccccc23)CC1. The first-order chi connectivity index (χ1) is 17.5. The molecule has 36 heavy (non-hydrogen) atoms. The van der Waals surface area contributed by atoms with Crippen LogP contribution in [0.25, 0.3) is 10.9 Å². The lowest BCUT2D eigenvalue weighted by atomic mass is 10.2. The molecule has 0 bridgehead atoms. The van der Waals surface area contributed by atoms with Crippen molar-refractivity contribution in [2.45, 2.75) is 18.4 Å². The number of fused-ring (bicyclic) bond motifs is 1. The molecule has 1 aliphatic heterocycles. The van der Waals surface area contributed by atoms with Crippen molar-refractivity contribution >= 4 is 40.6 Å². The van der Waals surface area contributed by atoms with E-state index in [0.29, 0.717) is 45.9 Å². The number of halogens is 1. The van der Waals surface area contributed by atoms with Gasteiger partial charge in [-0.1, -0.05) is 30.3 Å². The first-order valence-electron chi connectivity index (χ1n) is 11.9. The normalized spacial score (nSPS) is 13.6. The molecule has 0 spiro atoms. The highest BCUT2D eigenvalue weighted by molar-refractivity contribution is 8.00. The van der Waals surface area contributed by atoms with Crippen molar-refractivity contribution < 1.29 is 23.5 Å². The lowest BCUT2D eigenvalue weighted by Crippen LogP contribution is -2.51. The number of aromatic nitrogens is 1.